The van der Waals surface area contributed by atoms with Crippen molar-refractivity contribution in [3.05, 3.63) is 84.3 Å². The van der Waals surface area contributed by atoms with E-state index < -0.39 is 13.3 Å². The predicted octanol–water partition coefficient (Wildman–Crippen LogP) is 7.78. The van der Waals surface area contributed by atoms with Gasteiger partial charge in [-0.2, -0.15) is 0 Å². The van der Waals surface area contributed by atoms with Crippen LogP contribution in [0, 0.1) is 12.7 Å². The van der Waals surface area contributed by atoms with E-state index in [-0.39, 0.29) is 5.82 Å². The SMILES string of the molecule is Cc1c(F)cccc1-c1cc2ccnc(-c3c[c]([Ge]([CH3])([CH3])[CH3])c4ccccc4c3)c2s1. The van der Waals surface area contributed by atoms with Gasteiger partial charge in [-0.05, 0) is 0 Å². The summed E-state index contributed by atoms with van der Waals surface area (Å²) in [6.45, 7) is 1.85. The molecular weight excluding hydrogens is 462 g/mol. The molecule has 3 aromatic carbocycles. The standard InChI is InChI=1S/C27H24FGeNS/c1-17-21(10-7-11-23(17)28)25-16-19-12-13-30-26(27(19)31-25)20-14-18-8-5-6-9-22(18)24(15-20)29(2,3)4/h5-16H,1-4H3. The van der Waals surface area contributed by atoms with Crippen LogP contribution in [0.25, 0.3) is 42.6 Å². The van der Waals surface area contributed by atoms with Gasteiger partial charge >= 0.3 is 189 Å². The van der Waals surface area contributed by atoms with Crippen LogP contribution in [0.5, 0.6) is 0 Å². The molecule has 0 N–H and O–H groups in total. The van der Waals surface area contributed by atoms with E-state index in [1.807, 2.05) is 19.2 Å². The normalized spacial score (nSPS) is 12.0. The van der Waals surface area contributed by atoms with Gasteiger partial charge in [-0.3, -0.25) is 0 Å². The number of aromatic nitrogens is 1. The molecule has 0 atom stereocenters. The van der Waals surface area contributed by atoms with Crippen molar-refractivity contribution in [1.82, 2.24) is 4.98 Å². The summed E-state index contributed by atoms with van der Waals surface area (Å²) in [5.74, 6) is 7.16. The van der Waals surface area contributed by atoms with Crippen molar-refractivity contribution in [3.63, 3.8) is 0 Å². The Bertz CT molecular complexity index is 1450. The average molecular weight is 486 g/mol. The molecule has 1 nitrogen and oxygen atoms in total. The van der Waals surface area contributed by atoms with Crippen LogP contribution in [-0.4, -0.2) is 18.3 Å². The molecule has 0 aliphatic carbocycles. The number of fused-ring (bicyclic) bond motifs is 2. The third-order valence-corrected chi connectivity index (χ3v) is 11.4. The molecule has 0 radical (unpaired) electrons. The number of pyridine rings is 1. The van der Waals surface area contributed by atoms with Crippen LogP contribution in [-0.2, 0) is 0 Å². The molecule has 0 spiro atoms. The van der Waals surface area contributed by atoms with Crippen molar-refractivity contribution in [2.45, 2.75) is 24.2 Å². The molecule has 0 fully saturated rings. The Balaban J connectivity index is 1.76. The summed E-state index contributed by atoms with van der Waals surface area (Å²) in [7, 11) is 0. The van der Waals surface area contributed by atoms with Gasteiger partial charge in [-0.25, -0.2) is 0 Å². The maximum atomic E-state index is 14.2. The average Bonchev–Trinajstić information content (AvgIpc) is 3.18. The van der Waals surface area contributed by atoms with E-state index in [4.69, 9.17) is 4.98 Å². The summed E-state index contributed by atoms with van der Waals surface area (Å²) >= 11 is -0.408. The van der Waals surface area contributed by atoms with E-state index in [9.17, 15) is 4.39 Å². The van der Waals surface area contributed by atoms with E-state index in [1.54, 1.807) is 17.4 Å². The van der Waals surface area contributed by atoms with Crippen molar-refractivity contribution in [2.24, 2.45) is 0 Å². The monoisotopic (exact) mass is 487 g/mol. The summed E-state index contributed by atoms with van der Waals surface area (Å²) in [6.07, 6.45) is 1.89. The molecule has 0 saturated carbocycles. The first-order valence-electron chi connectivity index (χ1n) is 10.5. The molecule has 154 valence electrons. The Morgan fingerprint density at radius 1 is 0.871 bits per heavy atom. The first-order chi connectivity index (χ1) is 14.8. The van der Waals surface area contributed by atoms with Gasteiger partial charge in [0.2, 0.25) is 0 Å². The third-order valence-electron chi connectivity index (χ3n) is 5.91. The topological polar surface area (TPSA) is 12.9 Å². The van der Waals surface area contributed by atoms with Crippen molar-refractivity contribution in [3.8, 4) is 21.7 Å². The summed E-state index contributed by atoms with van der Waals surface area (Å²) < 4.78 is 16.8. The van der Waals surface area contributed by atoms with E-state index in [2.05, 4.69) is 65.8 Å². The molecule has 2 heterocycles. The van der Waals surface area contributed by atoms with Gasteiger partial charge in [0.1, 0.15) is 0 Å². The van der Waals surface area contributed by atoms with Gasteiger partial charge in [0.15, 0.2) is 0 Å². The Morgan fingerprint density at radius 2 is 1.68 bits per heavy atom. The minimum atomic E-state index is -2.11. The fourth-order valence-corrected chi connectivity index (χ4v) is 8.90. The van der Waals surface area contributed by atoms with Crippen LogP contribution < -0.4 is 4.40 Å². The van der Waals surface area contributed by atoms with Crippen LogP contribution in [0.4, 0.5) is 4.39 Å². The van der Waals surface area contributed by atoms with Gasteiger partial charge < -0.3 is 0 Å². The third kappa shape index (κ3) is 3.60. The molecule has 5 rings (SSSR count). The van der Waals surface area contributed by atoms with Gasteiger partial charge in [0.05, 0.1) is 0 Å². The quantitative estimate of drug-likeness (QED) is 0.238. The van der Waals surface area contributed by atoms with Crippen molar-refractivity contribution < 1.29 is 4.39 Å². The molecule has 5 aromatic rings. The van der Waals surface area contributed by atoms with Gasteiger partial charge in [0.25, 0.3) is 0 Å². The summed E-state index contributed by atoms with van der Waals surface area (Å²) in [5.41, 5.74) is 3.83. The second-order valence-corrected chi connectivity index (χ2v) is 20.7. The van der Waals surface area contributed by atoms with Crippen molar-refractivity contribution in [1.29, 1.82) is 0 Å². The Hall–Kier alpha value is -2.50. The fourth-order valence-electron chi connectivity index (χ4n) is 4.25. The number of halogens is 1. The van der Waals surface area contributed by atoms with Crippen LogP contribution in [0.15, 0.2) is 72.9 Å². The zero-order valence-electron chi connectivity index (χ0n) is 18.2. The molecule has 31 heavy (non-hydrogen) atoms. The molecule has 0 aliphatic rings. The van der Waals surface area contributed by atoms with Crippen LogP contribution in [0.3, 0.4) is 0 Å². The summed E-state index contributed by atoms with van der Waals surface area (Å²) in [6, 6.07) is 22.8. The molecule has 0 bridgehead atoms. The van der Waals surface area contributed by atoms with E-state index in [0.29, 0.717) is 5.56 Å². The first kappa shape index (κ1) is 20.4. The molecular formula is C27H24FGeNS. The Kier molecular flexibility index (Phi) is 4.99. The maximum absolute atomic E-state index is 14.2. The zero-order chi connectivity index (χ0) is 21.8. The fraction of sp³-hybridized carbons (Fsp3) is 0.148. The summed E-state index contributed by atoms with van der Waals surface area (Å²) in [5, 5.41) is 3.79. The number of rotatable bonds is 3. The van der Waals surface area contributed by atoms with Crippen molar-refractivity contribution >= 4 is 49.9 Å². The van der Waals surface area contributed by atoms with Crippen molar-refractivity contribution in [2.75, 3.05) is 0 Å². The second kappa shape index (κ2) is 7.57. The van der Waals surface area contributed by atoms with E-state index in [0.717, 1.165) is 26.2 Å². The molecule has 4 heteroatoms. The Labute approximate surface area is 188 Å². The van der Waals surface area contributed by atoms with Gasteiger partial charge in [-0.15, -0.1) is 0 Å². The summed E-state index contributed by atoms with van der Waals surface area (Å²) in [4.78, 5) is 5.89. The van der Waals surface area contributed by atoms with Gasteiger partial charge in [0, 0.05) is 0 Å². The predicted molar refractivity (Wildman–Crippen MR) is 136 cm³/mol. The first-order valence-corrected chi connectivity index (χ1v) is 18.7. The van der Waals surface area contributed by atoms with Crippen LogP contribution in [0.1, 0.15) is 5.56 Å². The molecule has 2 aromatic heterocycles. The molecule has 0 amide bonds. The second-order valence-electron chi connectivity index (χ2n) is 9.10. The van der Waals surface area contributed by atoms with Gasteiger partial charge in [-0.1, -0.05) is 0 Å². The molecule has 0 saturated heterocycles. The molecule has 0 unspecified atom stereocenters. The number of hydrogen-bond donors (Lipinski definition) is 0. The number of thiophene rings is 1. The minimum absolute atomic E-state index is 0.163. The van der Waals surface area contributed by atoms with Crippen LogP contribution >= 0.6 is 11.3 Å². The Morgan fingerprint density at radius 3 is 2.48 bits per heavy atom. The van der Waals surface area contributed by atoms with E-state index in [1.165, 1.54) is 26.8 Å². The molecule has 0 aliphatic heterocycles. The number of hydrogen-bond acceptors (Lipinski definition) is 2. The number of benzene rings is 3. The van der Waals surface area contributed by atoms with E-state index >= 15 is 0 Å². The number of nitrogens with zero attached hydrogens (tertiary/aromatic N) is 1. The zero-order valence-corrected chi connectivity index (χ0v) is 21.1. The van der Waals surface area contributed by atoms with Crippen LogP contribution in [0.2, 0.25) is 17.3 Å².